The number of rotatable bonds is 16. The minimum atomic E-state index is 0. The molecule has 0 aliphatic heterocycles. The molecule has 3 rings (SSSR count). The van der Waals surface area contributed by atoms with Crippen LogP contribution in [0, 0.1) is 0 Å². The predicted octanol–water partition coefficient (Wildman–Crippen LogP) is 5.36. The van der Waals surface area contributed by atoms with Crippen LogP contribution in [-0.2, 0) is 19.6 Å². The zero-order chi connectivity index (χ0) is 25.0. The quantitative estimate of drug-likeness (QED) is 0.180. The number of nitrogens with zero attached hydrogens (tertiary/aromatic N) is 4. The molecule has 0 spiro atoms. The van der Waals surface area contributed by atoms with Crippen molar-refractivity contribution in [2.45, 2.75) is 104 Å². The SMILES string of the molecule is CCCCCCCn1cc[n+](CC/C=C/c2ccc(Cl)cc2)c1.CCCCCCCn1ccnc1.[Cl-]. The van der Waals surface area contributed by atoms with Crippen LogP contribution in [0.1, 0.15) is 90.0 Å². The summed E-state index contributed by atoms with van der Waals surface area (Å²) < 4.78 is 6.71. The number of benzene rings is 1. The van der Waals surface area contributed by atoms with Gasteiger partial charge in [0.25, 0.3) is 0 Å². The maximum absolute atomic E-state index is 5.89. The van der Waals surface area contributed by atoms with Gasteiger partial charge in [0, 0.05) is 30.4 Å². The van der Waals surface area contributed by atoms with Gasteiger partial charge in [0.1, 0.15) is 12.4 Å². The van der Waals surface area contributed by atoms with Crippen molar-refractivity contribution in [2.75, 3.05) is 0 Å². The lowest BCUT2D eigenvalue weighted by Crippen LogP contribution is -3.00. The van der Waals surface area contributed by atoms with Crippen LogP contribution in [0.4, 0.5) is 0 Å². The molecule has 0 unspecified atom stereocenters. The van der Waals surface area contributed by atoms with Crippen molar-refractivity contribution in [3.8, 4) is 0 Å². The van der Waals surface area contributed by atoms with Gasteiger partial charge in [0.2, 0.25) is 6.33 Å². The molecule has 3 aromatic rings. The normalized spacial score (nSPS) is 10.8. The van der Waals surface area contributed by atoms with Crippen LogP contribution in [-0.4, -0.2) is 14.1 Å². The highest BCUT2D eigenvalue weighted by Crippen LogP contribution is 2.11. The number of unbranched alkanes of at least 4 members (excludes halogenated alkanes) is 8. The Hall–Kier alpha value is -2.04. The number of halogens is 2. The number of hydrogen-bond donors (Lipinski definition) is 0. The van der Waals surface area contributed by atoms with Gasteiger partial charge in [-0.15, -0.1) is 0 Å². The van der Waals surface area contributed by atoms with E-state index in [0.717, 1.165) is 31.1 Å². The second-order valence-electron chi connectivity index (χ2n) is 9.26. The minimum Gasteiger partial charge on any atom is -1.00 e. The molecule has 6 heteroatoms. The van der Waals surface area contributed by atoms with E-state index in [9.17, 15) is 0 Å². The van der Waals surface area contributed by atoms with Crippen LogP contribution in [0.5, 0.6) is 0 Å². The molecule has 0 aliphatic carbocycles. The summed E-state index contributed by atoms with van der Waals surface area (Å²) in [6, 6.07) is 7.94. The number of hydrogen-bond acceptors (Lipinski definition) is 1. The van der Waals surface area contributed by atoms with Crippen molar-refractivity contribution >= 4 is 17.7 Å². The second-order valence-corrected chi connectivity index (χ2v) is 9.70. The lowest BCUT2D eigenvalue weighted by molar-refractivity contribution is -0.695. The van der Waals surface area contributed by atoms with Crippen LogP contribution in [0.25, 0.3) is 6.08 Å². The number of aryl methyl sites for hydroxylation is 3. The van der Waals surface area contributed by atoms with Gasteiger partial charge in [-0.2, -0.15) is 0 Å². The predicted molar refractivity (Wildman–Crippen MR) is 149 cm³/mol. The average molecular weight is 534 g/mol. The van der Waals surface area contributed by atoms with Crippen LogP contribution >= 0.6 is 11.6 Å². The second kappa shape index (κ2) is 21.1. The smallest absolute Gasteiger partial charge is 0.243 e. The molecule has 36 heavy (non-hydrogen) atoms. The molecular formula is C30H46Cl2N4. The first-order valence-electron chi connectivity index (χ1n) is 13.6. The van der Waals surface area contributed by atoms with E-state index in [1.165, 1.54) is 69.8 Å². The largest absolute Gasteiger partial charge is 1.00 e. The first-order valence-corrected chi connectivity index (χ1v) is 14.0. The van der Waals surface area contributed by atoms with Crippen LogP contribution < -0.4 is 17.0 Å². The number of aromatic nitrogens is 4. The fraction of sp³-hybridized carbons (Fsp3) is 0.533. The molecule has 0 N–H and O–H groups in total. The lowest BCUT2D eigenvalue weighted by atomic mass is 10.1. The van der Waals surface area contributed by atoms with Crippen molar-refractivity contribution in [2.24, 2.45) is 0 Å². The van der Waals surface area contributed by atoms with E-state index in [4.69, 9.17) is 11.6 Å². The van der Waals surface area contributed by atoms with Gasteiger partial charge >= 0.3 is 0 Å². The van der Waals surface area contributed by atoms with E-state index in [2.05, 4.69) is 63.4 Å². The Labute approximate surface area is 230 Å². The van der Waals surface area contributed by atoms with E-state index >= 15 is 0 Å². The van der Waals surface area contributed by atoms with Crippen molar-refractivity contribution < 1.29 is 17.0 Å². The van der Waals surface area contributed by atoms with Gasteiger partial charge in [0.05, 0.1) is 19.4 Å². The van der Waals surface area contributed by atoms with Gasteiger partial charge in [-0.1, -0.05) is 94.7 Å². The summed E-state index contributed by atoms with van der Waals surface area (Å²) in [5, 5.41) is 0.786. The molecule has 2 heterocycles. The van der Waals surface area contributed by atoms with Gasteiger partial charge in [-0.25, -0.2) is 14.1 Å². The Bertz CT molecular complexity index is 901. The third kappa shape index (κ3) is 15.2. The summed E-state index contributed by atoms with van der Waals surface area (Å²) in [6.45, 7) is 7.79. The molecule has 0 saturated carbocycles. The molecule has 0 bridgehead atoms. The molecule has 0 saturated heterocycles. The third-order valence-corrected chi connectivity index (χ3v) is 6.33. The summed E-state index contributed by atoms with van der Waals surface area (Å²) in [5.41, 5.74) is 1.20. The lowest BCUT2D eigenvalue weighted by Gasteiger charge is -2.00. The number of allylic oxidation sites excluding steroid dienone is 1. The third-order valence-electron chi connectivity index (χ3n) is 6.08. The van der Waals surface area contributed by atoms with Crippen molar-refractivity contribution in [3.63, 3.8) is 0 Å². The highest BCUT2D eigenvalue weighted by Gasteiger charge is 2.02. The average Bonchev–Trinajstić information content (AvgIpc) is 3.55. The molecule has 0 atom stereocenters. The highest BCUT2D eigenvalue weighted by atomic mass is 35.5. The summed E-state index contributed by atoms with van der Waals surface area (Å²) >= 11 is 5.89. The van der Waals surface area contributed by atoms with Crippen LogP contribution in [0.15, 0.2) is 67.8 Å². The van der Waals surface area contributed by atoms with E-state index in [1.807, 2.05) is 43.0 Å². The van der Waals surface area contributed by atoms with Gasteiger partial charge in [-0.3, -0.25) is 0 Å². The Morgan fingerprint density at radius 1 is 0.833 bits per heavy atom. The molecular weight excluding hydrogens is 487 g/mol. The van der Waals surface area contributed by atoms with Crippen LogP contribution in [0.3, 0.4) is 0 Å². The van der Waals surface area contributed by atoms with Crippen molar-refractivity contribution in [1.82, 2.24) is 14.1 Å². The number of imidazole rings is 2. The van der Waals surface area contributed by atoms with Crippen molar-refractivity contribution in [1.29, 1.82) is 0 Å². The standard InChI is InChI=1S/C20H28ClN2.C10H18N2.ClH/c1-2-3-4-5-7-14-22-16-17-23(18-22)15-8-6-9-19-10-12-20(21)13-11-19;1-2-3-4-5-6-8-12-9-7-11-10-12;/h6,9-13,16-18H,2-5,7-8,14-15H2,1H3;7,9-10H,2-6,8H2,1H3;1H/q+1;;/p-1/b9-6+;;. The Morgan fingerprint density at radius 3 is 2.08 bits per heavy atom. The molecule has 0 aliphatic rings. The summed E-state index contributed by atoms with van der Waals surface area (Å²) in [6.07, 6.45) is 31.1. The zero-order valence-electron chi connectivity index (χ0n) is 22.4. The summed E-state index contributed by atoms with van der Waals surface area (Å²) in [5.74, 6) is 0. The van der Waals surface area contributed by atoms with Gasteiger partial charge in [-0.05, 0) is 37.0 Å². The van der Waals surface area contributed by atoms with Gasteiger partial charge < -0.3 is 17.0 Å². The van der Waals surface area contributed by atoms with E-state index in [-0.39, 0.29) is 12.4 Å². The zero-order valence-corrected chi connectivity index (χ0v) is 23.9. The van der Waals surface area contributed by atoms with E-state index < -0.39 is 0 Å². The first kappa shape index (κ1) is 32.0. The molecule has 0 fully saturated rings. The highest BCUT2D eigenvalue weighted by molar-refractivity contribution is 6.30. The molecule has 0 radical (unpaired) electrons. The van der Waals surface area contributed by atoms with Crippen LogP contribution in [0.2, 0.25) is 5.02 Å². The van der Waals surface area contributed by atoms with E-state index in [0.29, 0.717) is 0 Å². The maximum atomic E-state index is 5.89. The fourth-order valence-electron chi connectivity index (χ4n) is 3.94. The molecule has 200 valence electrons. The first-order chi connectivity index (χ1) is 17.2. The maximum Gasteiger partial charge on any atom is 0.243 e. The summed E-state index contributed by atoms with van der Waals surface area (Å²) in [7, 11) is 0. The van der Waals surface area contributed by atoms with E-state index in [1.54, 1.807) is 0 Å². The summed E-state index contributed by atoms with van der Waals surface area (Å²) in [4.78, 5) is 4.00. The molecule has 4 nitrogen and oxygen atoms in total. The monoisotopic (exact) mass is 532 g/mol. The Kier molecular flexibility index (Phi) is 18.7. The Morgan fingerprint density at radius 2 is 1.47 bits per heavy atom. The van der Waals surface area contributed by atoms with Crippen molar-refractivity contribution in [3.05, 3.63) is 78.4 Å². The fourth-order valence-corrected chi connectivity index (χ4v) is 4.06. The molecule has 1 aromatic carbocycles. The van der Waals surface area contributed by atoms with Gasteiger partial charge in [0.15, 0.2) is 0 Å². The molecule has 0 amide bonds. The topological polar surface area (TPSA) is 26.6 Å². The Balaban J connectivity index is 0.000000422. The molecule has 2 aromatic heterocycles. The minimum absolute atomic E-state index is 0.